The van der Waals surface area contributed by atoms with E-state index in [-0.39, 0.29) is 11.6 Å². The van der Waals surface area contributed by atoms with E-state index >= 15 is 0 Å². The van der Waals surface area contributed by atoms with Gasteiger partial charge in [0.25, 0.3) is 5.56 Å². The number of carbonyl (C=O) groups is 1. The molecule has 0 saturated carbocycles. The first kappa shape index (κ1) is 16.0. The molecule has 2 aliphatic rings. The third kappa shape index (κ3) is 3.55. The number of aromatic nitrogens is 2. The normalized spacial score (nSPS) is 18.6. The summed E-state index contributed by atoms with van der Waals surface area (Å²) in [5.41, 5.74) is 0.825. The minimum Gasteiger partial charge on any atom is -0.331 e. The number of rotatable bonds is 2. The molecule has 3 rings (SSSR count). The predicted octanol–water partition coefficient (Wildman–Crippen LogP) is 0.726. The molecular formula is C16H25N5O2. The van der Waals surface area contributed by atoms with Crippen molar-refractivity contribution >= 4 is 6.03 Å². The van der Waals surface area contributed by atoms with E-state index in [0.717, 1.165) is 31.7 Å². The predicted molar refractivity (Wildman–Crippen MR) is 87.1 cm³/mol. The highest BCUT2D eigenvalue weighted by Crippen LogP contribution is 2.14. The number of nitrogens with zero attached hydrogens (tertiary/aromatic N) is 5. The van der Waals surface area contributed by atoms with Gasteiger partial charge < -0.3 is 9.80 Å². The zero-order valence-corrected chi connectivity index (χ0v) is 14.0. The molecule has 0 aromatic carbocycles. The second-order valence-electron chi connectivity index (χ2n) is 6.59. The van der Waals surface area contributed by atoms with Gasteiger partial charge in [-0.05, 0) is 32.4 Å². The van der Waals surface area contributed by atoms with Crippen LogP contribution in [-0.4, -0.2) is 64.0 Å². The maximum atomic E-state index is 12.4. The van der Waals surface area contributed by atoms with Crippen LogP contribution in [0, 0.1) is 0 Å². The lowest BCUT2D eigenvalue weighted by Gasteiger charge is -2.24. The monoisotopic (exact) mass is 319 g/mol. The van der Waals surface area contributed by atoms with Gasteiger partial charge >= 0.3 is 6.03 Å². The van der Waals surface area contributed by atoms with Crippen LogP contribution in [-0.2, 0) is 19.6 Å². The van der Waals surface area contributed by atoms with E-state index in [2.05, 4.69) is 4.90 Å². The lowest BCUT2D eigenvalue weighted by molar-refractivity contribution is 0.168. The Morgan fingerprint density at radius 1 is 1.17 bits per heavy atom. The molecule has 1 aromatic rings. The molecule has 0 spiro atoms. The Morgan fingerprint density at radius 2 is 1.91 bits per heavy atom. The number of likely N-dealkylation sites (tertiary alicyclic amines) is 1. The largest absolute Gasteiger partial charge is 0.331 e. The molecule has 0 aliphatic carbocycles. The Bertz CT molecular complexity index is 634. The van der Waals surface area contributed by atoms with Gasteiger partial charge in [-0.3, -0.25) is 14.3 Å². The minimum absolute atomic E-state index is 0.00310. The Labute approximate surface area is 136 Å². The first-order chi connectivity index (χ1) is 11.0. The highest BCUT2D eigenvalue weighted by molar-refractivity contribution is 5.73. The van der Waals surface area contributed by atoms with Crippen molar-refractivity contribution in [1.82, 2.24) is 24.3 Å². The second-order valence-corrected chi connectivity index (χ2v) is 6.59. The molecule has 7 heteroatoms. The molecule has 0 N–H and O–H groups in total. The number of fused-ring (bicyclic) bond motifs is 1. The number of hydrogen-bond acceptors (Lipinski definition) is 4. The Hall–Kier alpha value is -1.89. The Balaban J connectivity index is 1.84. The SMILES string of the molecule is CN(C)C(=O)N1CCCn2c(nc(CN3CCCC3)cc2=O)C1. The van der Waals surface area contributed by atoms with Crippen LogP contribution < -0.4 is 5.56 Å². The van der Waals surface area contributed by atoms with Gasteiger partial charge in [0.05, 0.1) is 12.2 Å². The van der Waals surface area contributed by atoms with Crippen molar-refractivity contribution in [3.05, 3.63) is 27.9 Å². The standard InChI is InChI=1S/C16H25N5O2/c1-18(2)16(23)20-8-5-9-21-14(12-20)17-13(10-15(21)22)11-19-6-3-4-7-19/h10H,3-9,11-12H2,1-2H3. The van der Waals surface area contributed by atoms with E-state index in [4.69, 9.17) is 4.98 Å². The third-order valence-electron chi connectivity index (χ3n) is 4.52. The first-order valence-electron chi connectivity index (χ1n) is 8.33. The summed E-state index contributed by atoms with van der Waals surface area (Å²) in [6.07, 6.45) is 3.21. The van der Waals surface area contributed by atoms with Crippen LogP contribution in [0.15, 0.2) is 10.9 Å². The molecule has 3 heterocycles. The van der Waals surface area contributed by atoms with Crippen LogP contribution in [0.2, 0.25) is 0 Å². The van der Waals surface area contributed by atoms with Gasteiger partial charge in [-0.15, -0.1) is 0 Å². The van der Waals surface area contributed by atoms with Crippen LogP contribution >= 0.6 is 0 Å². The summed E-state index contributed by atoms with van der Waals surface area (Å²) in [6, 6.07) is 1.63. The van der Waals surface area contributed by atoms with Gasteiger partial charge in [-0.1, -0.05) is 0 Å². The lowest BCUT2D eigenvalue weighted by atomic mass is 10.3. The molecule has 0 atom stereocenters. The van der Waals surface area contributed by atoms with Crippen LogP contribution in [0.25, 0.3) is 0 Å². The lowest BCUT2D eigenvalue weighted by Crippen LogP contribution is -2.39. The average Bonchev–Trinajstić information content (AvgIpc) is 2.91. The van der Waals surface area contributed by atoms with E-state index in [0.29, 0.717) is 25.5 Å². The highest BCUT2D eigenvalue weighted by Gasteiger charge is 2.22. The number of carbonyl (C=O) groups excluding carboxylic acids is 1. The van der Waals surface area contributed by atoms with Crippen molar-refractivity contribution in [1.29, 1.82) is 0 Å². The van der Waals surface area contributed by atoms with Crippen LogP contribution in [0.5, 0.6) is 0 Å². The second kappa shape index (κ2) is 6.70. The van der Waals surface area contributed by atoms with Crippen molar-refractivity contribution in [2.24, 2.45) is 0 Å². The number of amides is 2. The molecule has 2 amide bonds. The Morgan fingerprint density at radius 3 is 2.61 bits per heavy atom. The molecule has 1 saturated heterocycles. The molecule has 2 aliphatic heterocycles. The fourth-order valence-corrected chi connectivity index (χ4v) is 3.33. The zero-order chi connectivity index (χ0) is 16.4. The smallest absolute Gasteiger partial charge is 0.319 e. The van der Waals surface area contributed by atoms with Crippen molar-refractivity contribution in [3.8, 4) is 0 Å². The Kier molecular flexibility index (Phi) is 4.66. The van der Waals surface area contributed by atoms with E-state index in [1.165, 1.54) is 12.8 Å². The molecule has 0 unspecified atom stereocenters. The molecule has 126 valence electrons. The molecule has 0 radical (unpaired) electrons. The first-order valence-corrected chi connectivity index (χ1v) is 8.33. The van der Waals surface area contributed by atoms with Crippen molar-refractivity contribution in [2.75, 3.05) is 33.7 Å². The number of hydrogen-bond donors (Lipinski definition) is 0. The average molecular weight is 319 g/mol. The fraction of sp³-hybridized carbons (Fsp3) is 0.688. The quantitative estimate of drug-likeness (QED) is 0.806. The van der Waals surface area contributed by atoms with Crippen molar-refractivity contribution in [2.45, 2.75) is 38.9 Å². The van der Waals surface area contributed by atoms with Crippen molar-refractivity contribution < 1.29 is 4.79 Å². The van der Waals surface area contributed by atoms with Gasteiger partial charge in [0.1, 0.15) is 5.82 Å². The van der Waals surface area contributed by atoms with Gasteiger partial charge in [-0.2, -0.15) is 0 Å². The summed E-state index contributed by atoms with van der Waals surface area (Å²) >= 11 is 0. The van der Waals surface area contributed by atoms with Gasteiger partial charge in [-0.25, -0.2) is 9.78 Å². The maximum Gasteiger partial charge on any atom is 0.319 e. The summed E-state index contributed by atoms with van der Waals surface area (Å²) in [5.74, 6) is 0.708. The highest BCUT2D eigenvalue weighted by atomic mass is 16.2. The molecule has 23 heavy (non-hydrogen) atoms. The van der Waals surface area contributed by atoms with Crippen LogP contribution in [0.3, 0.4) is 0 Å². The van der Waals surface area contributed by atoms with Crippen molar-refractivity contribution in [3.63, 3.8) is 0 Å². The van der Waals surface area contributed by atoms with E-state index in [1.54, 1.807) is 34.5 Å². The minimum atomic E-state index is -0.0300. The summed E-state index contributed by atoms with van der Waals surface area (Å²) < 4.78 is 1.72. The van der Waals surface area contributed by atoms with Gasteiger partial charge in [0.15, 0.2) is 0 Å². The summed E-state index contributed by atoms with van der Waals surface area (Å²) in [7, 11) is 3.50. The fourth-order valence-electron chi connectivity index (χ4n) is 3.33. The van der Waals surface area contributed by atoms with Gasteiger partial charge in [0.2, 0.25) is 0 Å². The zero-order valence-electron chi connectivity index (χ0n) is 14.0. The molecule has 0 bridgehead atoms. The molecule has 1 aromatic heterocycles. The van der Waals surface area contributed by atoms with E-state index in [1.807, 2.05) is 0 Å². The summed E-state index contributed by atoms with van der Waals surface area (Å²) in [5, 5.41) is 0. The molecule has 7 nitrogen and oxygen atoms in total. The topological polar surface area (TPSA) is 61.7 Å². The summed E-state index contributed by atoms with van der Waals surface area (Å²) in [4.78, 5) is 35.0. The van der Waals surface area contributed by atoms with Crippen LogP contribution in [0.4, 0.5) is 4.79 Å². The van der Waals surface area contributed by atoms with E-state index < -0.39 is 0 Å². The molecule has 1 fully saturated rings. The van der Waals surface area contributed by atoms with Crippen LogP contribution in [0.1, 0.15) is 30.8 Å². The summed E-state index contributed by atoms with van der Waals surface area (Å²) in [6.45, 7) is 4.56. The third-order valence-corrected chi connectivity index (χ3v) is 4.52. The van der Waals surface area contributed by atoms with Gasteiger partial charge in [0, 0.05) is 39.8 Å². The molecular weight excluding hydrogens is 294 g/mol. The number of urea groups is 1. The maximum absolute atomic E-state index is 12.4. The van der Waals surface area contributed by atoms with E-state index in [9.17, 15) is 9.59 Å².